The Morgan fingerprint density at radius 2 is 1.91 bits per heavy atom. The van der Waals surface area contributed by atoms with Crippen LogP contribution in [0, 0.1) is 0 Å². The molecule has 0 radical (unpaired) electrons. The van der Waals surface area contributed by atoms with E-state index in [2.05, 4.69) is 11.8 Å². The SMILES string of the molecule is CCCN1CCOc2cc(C(=O)c3ccc(N)cc3)ccc21. The lowest BCUT2D eigenvalue weighted by atomic mass is 10.0. The molecule has 2 N–H and O–H groups in total. The molecule has 1 heterocycles. The first kappa shape index (κ1) is 14.4. The van der Waals surface area contributed by atoms with Crippen molar-refractivity contribution in [2.24, 2.45) is 0 Å². The van der Waals surface area contributed by atoms with Gasteiger partial charge in [0.2, 0.25) is 0 Å². The third kappa shape index (κ3) is 2.77. The van der Waals surface area contributed by atoms with E-state index in [-0.39, 0.29) is 5.78 Å². The number of nitrogens with zero attached hydrogens (tertiary/aromatic N) is 1. The zero-order valence-corrected chi connectivity index (χ0v) is 12.7. The molecule has 2 aromatic carbocycles. The molecule has 0 saturated carbocycles. The summed E-state index contributed by atoms with van der Waals surface area (Å²) in [6, 6.07) is 12.7. The topological polar surface area (TPSA) is 55.6 Å². The number of benzene rings is 2. The van der Waals surface area contributed by atoms with Crippen LogP contribution in [0.15, 0.2) is 42.5 Å². The summed E-state index contributed by atoms with van der Waals surface area (Å²) >= 11 is 0. The minimum Gasteiger partial charge on any atom is -0.490 e. The molecular weight excluding hydrogens is 276 g/mol. The molecule has 0 aromatic heterocycles. The Balaban J connectivity index is 1.90. The first-order valence-corrected chi connectivity index (χ1v) is 7.61. The number of rotatable bonds is 4. The number of ketones is 1. The lowest BCUT2D eigenvalue weighted by Crippen LogP contribution is -2.33. The van der Waals surface area contributed by atoms with E-state index in [9.17, 15) is 4.79 Å². The van der Waals surface area contributed by atoms with E-state index in [1.54, 1.807) is 24.3 Å². The van der Waals surface area contributed by atoms with Crippen molar-refractivity contribution in [2.45, 2.75) is 13.3 Å². The minimum atomic E-state index is -0.0148. The van der Waals surface area contributed by atoms with Crippen LogP contribution in [0.2, 0.25) is 0 Å². The highest BCUT2D eigenvalue weighted by Crippen LogP contribution is 2.33. The third-order valence-electron chi connectivity index (χ3n) is 3.85. The van der Waals surface area contributed by atoms with Crippen molar-refractivity contribution in [3.8, 4) is 5.75 Å². The molecule has 114 valence electrons. The van der Waals surface area contributed by atoms with Gasteiger partial charge in [-0.3, -0.25) is 4.79 Å². The zero-order chi connectivity index (χ0) is 15.5. The van der Waals surface area contributed by atoms with Gasteiger partial charge in [-0.25, -0.2) is 0 Å². The Morgan fingerprint density at radius 1 is 1.18 bits per heavy atom. The van der Waals surface area contributed by atoms with E-state index in [0.717, 1.165) is 30.9 Å². The van der Waals surface area contributed by atoms with Gasteiger partial charge in [-0.1, -0.05) is 6.92 Å². The summed E-state index contributed by atoms with van der Waals surface area (Å²) in [5.74, 6) is 0.778. The Morgan fingerprint density at radius 3 is 2.64 bits per heavy atom. The van der Waals surface area contributed by atoms with E-state index in [0.29, 0.717) is 23.4 Å². The number of nitrogen functional groups attached to an aromatic ring is 1. The van der Waals surface area contributed by atoms with Crippen molar-refractivity contribution in [2.75, 3.05) is 30.3 Å². The Bertz CT molecular complexity index is 680. The number of hydrogen-bond donors (Lipinski definition) is 1. The molecule has 22 heavy (non-hydrogen) atoms. The van der Waals surface area contributed by atoms with Crippen LogP contribution in [-0.4, -0.2) is 25.5 Å². The van der Waals surface area contributed by atoms with Crippen molar-refractivity contribution in [3.63, 3.8) is 0 Å². The van der Waals surface area contributed by atoms with Gasteiger partial charge in [0.05, 0.1) is 12.2 Å². The second-order valence-electron chi connectivity index (χ2n) is 5.47. The maximum Gasteiger partial charge on any atom is 0.193 e. The normalized spacial score (nSPS) is 13.4. The quantitative estimate of drug-likeness (QED) is 0.696. The molecule has 0 unspecified atom stereocenters. The molecule has 1 aliphatic rings. The number of carbonyl (C=O) groups is 1. The highest BCUT2D eigenvalue weighted by molar-refractivity contribution is 6.09. The predicted octanol–water partition coefficient (Wildman–Crippen LogP) is 3.11. The molecule has 3 rings (SSSR count). The number of nitrogens with two attached hydrogens (primary N) is 1. The van der Waals surface area contributed by atoms with Gasteiger partial charge in [-0.2, -0.15) is 0 Å². The van der Waals surface area contributed by atoms with Crippen LogP contribution in [0.5, 0.6) is 5.75 Å². The first-order valence-electron chi connectivity index (χ1n) is 7.61. The molecular formula is C18H20N2O2. The Kier molecular flexibility index (Phi) is 4.00. The van der Waals surface area contributed by atoms with Crippen LogP contribution in [0.1, 0.15) is 29.3 Å². The first-order chi connectivity index (χ1) is 10.7. The zero-order valence-electron chi connectivity index (χ0n) is 12.7. The highest BCUT2D eigenvalue weighted by Gasteiger charge is 2.19. The summed E-state index contributed by atoms with van der Waals surface area (Å²) in [6.45, 7) is 4.72. The monoisotopic (exact) mass is 296 g/mol. The summed E-state index contributed by atoms with van der Waals surface area (Å²) in [5, 5.41) is 0. The molecule has 0 aliphatic carbocycles. The minimum absolute atomic E-state index is 0.0148. The van der Waals surface area contributed by atoms with Gasteiger partial charge in [0.15, 0.2) is 5.78 Å². The van der Waals surface area contributed by atoms with Crippen molar-refractivity contribution in [1.82, 2.24) is 0 Å². The van der Waals surface area contributed by atoms with Crippen LogP contribution in [0.25, 0.3) is 0 Å². The molecule has 0 atom stereocenters. The molecule has 0 saturated heterocycles. The van der Waals surface area contributed by atoms with Crippen LogP contribution in [-0.2, 0) is 0 Å². The van der Waals surface area contributed by atoms with Crippen molar-refractivity contribution >= 4 is 17.2 Å². The van der Waals surface area contributed by atoms with Gasteiger partial charge in [0.25, 0.3) is 0 Å². The summed E-state index contributed by atoms with van der Waals surface area (Å²) in [5.41, 5.74) is 8.66. The molecule has 0 fully saturated rings. The number of hydrogen-bond acceptors (Lipinski definition) is 4. The summed E-state index contributed by atoms with van der Waals surface area (Å²) in [7, 11) is 0. The van der Waals surface area contributed by atoms with Gasteiger partial charge in [-0.15, -0.1) is 0 Å². The molecule has 2 aromatic rings. The number of anilines is 2. The van der Waals surface area contributed by atoms with E-state index in [1.807, 2.05) is 18.2 Å². The van der Waals surface area contributed by atoms with Gasteiger partial charge in [0, 0.05) is 23.4 Å². The van der Waals surface area contributed by atoms with E-state index >= 15 is 0 Å². The highest BCUT2D eigenvalue weighted by atomic mass is 16.5. The number of fused-ring (bicyclic) bond motifs is 1. The average molecular weight is 296 g/mol. The molecule has 0 spiro atoms. The number of ether oxygens (including phenoxy) is 1. The number of carbonyl (C=O) groups excluding carboxylic acids is 1. The second kappa shape index (κ2) is 6.10. The summed E-state index contributed by atoms with van der Waals surface area (Å²) in [4.78, 5) is 14.8. The standard InChI is InChI=1S/C18H20N2O2/c1-2-9-20-10-11-22-17-12-14(5-8-16(17)20)18(21)13-3-6-15(19)7-4-13/h3-8,12H,2,9-11,19H2,1H3. The van der Waals surface area contributed by atoms with Gasteiger partial charge >= 0.3 is 0 Å². The van der Waals surface area contributed by atoms with Crippen LogP contribution < -0.4 is 15.4 Å². The lowest BCUT2D eigenvalue weighted by molar-refractivity contribution is 0.103. The fourth-order valence-corrected chi connectivity index (χ4v) is 2.72. The lowest BCUT2D eigenvalue weighted by Gasteiger charge is -2.31. The molecule has 1 aliphatic heterocycles. The van der Waals surface area contributed by atoms with Crippen LogP contribution in [0.3, 0.4) is 0 Å². The summed E-state index contributed by atoms with van der Waals surface area (Å²) in [6.07, 6.45) is 1.09. The maximum atomic E-state index is 12.5. The second-order valence-corrected chi connectivity index (χ2v) is 5.47. The Labute approximate surface area is 130 Å². The maximum absolute atomic E-state index is 12.5. The van der Waals surface area contributed by atoms with E-state index < -0.39 is 0 Å². The molecule has 4 heteroatoms. The fraction of sp³-hybridized carbons (Fsp3) is 0.278. The van der Waals surface area contributed by atoms with E-state index in [4.69, 9.17) is 10.5 Å². The summed E-state index contributed by atoms with van der Waals surface area (Å²) < 4.78 is 5.73. The van der Waals surface area contributed by atoms with Crippen molar-refractivity contribution < 1.29 is 9.53 Å². The van der Waals surface area contributed by atoms with E-state index in [1.165, 1.54) is 0 Å². The molecule has 0 amide bonds. The molecule has 0 bridgehead atoms. The Hall–Kier alpha value is -2.49. The smallest absolute Gasteiger partial charge is 0.193 e. The van der Waals surface area contributed by atoms with Crippen molar-refractivity contribution in [3.05, 3.63) is 53.6 Å². The largest absolute Gasteiger partial charge is 0.490 e. The fourth-order valence-electron chi connectivity index (χ4n) is 2.72. The molecule has 4 nitrogen and oxygen atoms in total. The third-order valence-corrected chi connectivity index (χ3v) is 3.85. The average Bonchev–Trinajstić information content (AvgIpc) is 2.55. The van der Waals surface area contributed by atoms with Crippen molar-refractivity contribution in [1.29, 1.82) is 0 Å². The van der Waals surface area contributed by atoms with Gasteiger partial charge in [-0.05, 0) is 48.9 Å². The van der Waals surface area contributed by atoms with Gasteiger partial charge < -0.3 is 15.4 Å². The van der Waals surface area contributed by atoms with Crippen LogP contribution in [0.4, 0.5) is 11.4 Å². The van der Waals surface area contributed by atoms with Gasteiger partial charge in [0.1, 0.15) is 12.4 Å². The predicted molar refractivity (Wildman–Crippen MR) is 88.7 cm³/mol. The van der Waals surface area contributed by atoms with Crippen LogP contribution >= 0.6 is 0 Å².